The summed E-state index contributed by atoms with van der Waals surface area (Å²) in [5, 5.41) is 21.9. The average Bonchev–Trinajstić information content (AvgIpc) is 3.05. The van der Waals surface area contributed by atoms with Crippen LogP contribution in [0.3, 0.4) is 0 Å². The number of piperidine rings is 1. The minimum atomic E-state index is -0.962. The van der Waals surface area contributed by atoms with E-state index in [2.05, 4.69) is 20.3 Å². The van der Waals surface area contributed by atoms with E-state index in [1.165, 1.54) is 0 Å². The van der Waals surface area contributed by atoms with Gasteiger partial charge < -0.3 is 9.84 Å². The van der Waals surface area contributed by atoms with Crippen molar-refractivity contribution in [1.82, 2.24) is 20.3 Å². The van der Waals surface area contributed by atoms with E-state index in [4.69, 9.17) is 16.3 Å². The van der Waals surface area contributed by atoms with Crippen molar-refractivity contribution in [2.75, 3.05) is 20.2 Å². The lowest BCUT2D eigenvalue weighted by Crippen LogP contribution is -2.45. The van der Waals surface area contributed by atoms with Gasteiger partial charge in [0.05, 0.1) is 13.3 Å². The van der Waals surface area contributed by atoms with Gasteiger partial charge in [0.1, 0.15) is 17.0 Å². The molecule has 1 atom stereocenters. The Bertz CT molecular complexity index is 634. The molecule has 0 saturated carbocycles. The number of likely N-dealkylation sites (tertiary alicyclic amines) is 1. The maximum atomic E-state index is 10.8. The van der Waals surface area contributed by atoms with Crippen molar-refractivity contribution in [2.45, 2.75) is 25.0 Å². The van der Waals surface area contributed by atoms with Gasteiger partial charge >= 0.3 is 0 Å². The van der Waals surface area contributed by atoms with Crippen LogP contribution < -0.4 is 4.74 Å². The van der Waals surface area contributed by atoms with Crippen LogP contribution in [0, 0.1) is 0 Å². The first-order valence-corrected chi connectivity index (χ1v) is 7.62. The first kappa shape index (κ1) is 15.3. The zero-order valence-corrected chi connectivity index (χ0v) is 13.2. The van der Waals surface area contributed by atoms with Gasteiger partial charge in [-0.15, -0.1) is 0 Å². The van der Waals surface area contributed by atoms with E-state index in [-0.39, 0.29) is 0 Å². The maximum absolute atomic E-state index is 10.8. The van der Waals surface area contributed by atoms with Gasteiger partial charge in [0.25, 0.3) is 0 Å². The summed E-state index contributed by atoms with van der Waals surface area (Å²) >= 11 is 6.27. The maximum Gasteiger partial charge on any atom is 0.123 e. The first-order chi connectivity index (χ1) is 10.6. The zero-order chi connectivity index (χ0) is 15.6. The fourth-order valence-corrected chi connectivity index (χ4v) is 3.11. The van der Waals surface area contributed by atoms with Gasteiger partial charge in [0, 0.05) is 18.1 Å². The molecule has 0 radical (unpaired) electrons. The third-order valence-electron chi connectivity index (χ3n) is 4.09. The van der Waals surface area contributed by atoms with Crippen LogP contribution in [-0.4, -0.2) is 45.6 Å². The lowest BCUT2D eigenvalue weighted by Gasteiger charge is -2.38. The number of aliphatic hydroxyl groups is 1. The second kappa shape index (κ2) is 6.24. The van der Waals surface area contributed by atoms with Crippen molar-refractivity contribution in [1.29, 1.82) is 0 Å². The molecular weight excluding hydrogens is 304 g/mol. The highest BCUT2D eigenvalue weighted by Gasteiger charge is 2.37. The van der Waals surface area contributed by atoms with Crippen LogP contribution in [-0.2, 0) is 12.1 Å². The van der Waals surface area contributed by atoms with Gasteiger partial charge in [-0.1, -0.05) is 11.6 Å². The van der Waals surface area contributed by atoms with Gasteiger partial charge in [-0.3, -0.25) is 4.90 Å². The molecular formula is C15H19ClN4O2. The van der Waals surface area contributed by atoms with Crippen LogP contribution in [0.1, 0.15) is 24.1 Å². The summed E-state index contributed by atoms with van der Waals surface area (Å²) in [6, 6.07) is 5.61. The van der Waals surface area contributed by atoms with E-state index in [0.717, 1.165) is 24.3 Å². The molecule has 0 amide bonds. The Morgan fingerprint density at radius 2 is 2.36 bits per heavy atom. The molecule has 1 aliphatic rings. The second-order valence-corrected chi connectivity index (χ2v) is 6.07. The number of rotatable bonds is 4. The van der Waals surface area contributed by atoms with Crippen molar-refractivity contribution < 1.29 is 9.84 Å². The van der Waals surface area contributed by atoms with Crippen LogP contribution >= 0.6 is 11.6 Å². The summed E-state index contributed by atoms with van der Waals surface area (Å²) in [7, 11) is 1.64. The quantitative estimate of drug-likeness (QED) is 0.900. The highest BCUT2D eigenvalue weighted by molar-refractivity contribution is 6.31. The Kier molecular flexibility index (Phi) is 4.33. The topological polar surface area (TPSA) is 74.3 Å². The number of aromatic nitrogens is 3. The third kappa shape index (κ3) is 3.09. The molecule has 7 heteroatoms. The van der Waals surface area contributed by atoms with Crippen molar-refractivity contribution in [3.8, 4) is 5.75 Å². The number of halogens is 1. The molecule has 118 valence electrons. The normalized spacial score (nSPS) is 22.7. The third-order valence-corrected chi connectivity index (χ3v) is 4.46. The number of ether oxygens (including phenoxy) is 1. The Morgan fingerprint density at radius 1 is 1.50 bits per heavy atom. The van der Waals surface area contributed by atoms with Crippen LogP contribution in [0.5, 0.6) is 5.75 Å². The smallest absolute Gasteiger partial charge is 0.123 e. The molecule has 0 spiro atoms. The van der Waals surface area contributed by atoms with Crippen LogP contribution in [0.15, 0.2) is 24.4 Å². The van der Waals surface area contributed by atoms with Gasteiger partial charge in [0.2, 0.25) is 0 Å². The van der Waals surface area contributed by atoms with Crippen LogP contribution in [0.2, 0.25) is 5.02 Å². The highest BCUT2D eigenvalue weighted by atomic mass is 35.5. The Labute approximate surface area is 134 Å². The minimum absolute atomic E-state index is 0.507. The summed E-state index contributed by atoms with van der Waals surface area (Å²) in [6.07, 6.45) is 3.16. The highest BCUT2D eigenvalue weighted by Crippen LogP contribution is 2.31. The summed E-state index contributed by atoms with van der Waals surface area (Å²) in [6.45, 7) is 2.08. The fourth-order valence-electron chi connectivity index (χ4n) is 2.93. The van der Waals surface area contributed by atoms with Crippen molar-refractivity contribution >= 4 is 11.6 Å². The molecule has 2 aromatic rings. The van der Waals surface area contributed by atoms with E-state index in [0.29, 0.717) is 30.2 Å². The van der Waals surface area contributed by atoms with Gasteiger partial charge in [-0.25, -0.2) is 0 Å². The summed E-state index contributed by atoms with van der Waals surface area (Å²) in [5.74, 6) is 0.781. The number of nitrogens with zero attached hydrogens (tertiary/aromatic N) is 3. The molecule has 2 heterocycles. The molecule has 2 N–H and O–H groups in total. The molecule has 22 heavy (non-hydrogen) atoms. The van der Waals surface area contributed by atoms with Crippen molar-refractivity contribution in [3.63, 3.8) is 0 Å². The molecule has 1 saturated heterocycles. The standard InChI is InChI=1S/C15H19ClN4O2/c1-22-12-3-4-13(16)11(7-12)9-20-6-2-5-15(21,10-20)14-8-17-19-18-14/h3-4,7-8,21H,2,5-6,9-10H2,1H3,(H,17,18,19)/t15-/m1/s1. The average molecular weight is 323 g/mol. The largest absolute Gasteiger partial charge is 0.497 e. The second-order valence-electron chi connectivity index (χ2n) is 5.66. The van der Waals surface area contributed by atoms with Crippen LogP contribution in [0.4, 0.5) is 0 Å². The van der Waals surface area contributed by atoms with E-state index in [1.807, 2.05) is 18.2 Å². The minimum Gasteiger partial charge on any atom is -0.497 e. The monoisotopic (exact) mass is 322 g/mol. The van der Waals surface area contributed by atoms with E-state index in [1.54, 1.807) is 13.3 Å². The molecule has 0 unspecified atom stereocenters. The Hall–Kier alpha value is -1.63. The Balaban J connectivity index is 1.76. The summed E-state index contributed by atoms with van der Waals surface area (Å²) in [5.41, 5.74) is 0.621. The van der Waals surface area contributed by atoms with E-state index < -0.39 is 5.60 Å². The molecule has 1 aliphatic heterocycles. The molecule has 6 nitrogen and oxygen atoms in total. The molecule has 3 rings (SSSR count). The molecule has 1 fully saturated rings. The number of hydrogen-bond acceptors (Lipinski definition) is 5. The summed E-state index contributed by atoms with van der Waals surface area (Å²) in [4.78, 5) is 2.18. The number of aromatic amines is 1. The lowest BCUT2D eigenvalue weighted by molar-refractivity contribution is -0.0414. The SMILES string of the molecule is COc1ccc(Cl)c(CN2CCC[C@](O)(c3cn[nH]n3)C2)c1. The molecule has 1 aromatic carbocycles. The predicted octanol–water partition coefficient (Wildman–Crippen LogP) is 1.95. The predicted molar refractivity (Wildman–Crippen MR) is 82.8 cm³/mol. The number of H-pyrrole nitrogens is 1. The van der Waals surface area contributed by atoms with E-state index in [9.17, 15) is 5.11 Å². The van der Waals surface area contributed by atoms with Gasteiger partial charge in [0.15, 0.2) is 0 Å². The first-order valence-electron chi connectivity index (χ1n) is 7.24. The number of nitrogens with one attached hydrogen (secondary N) is 1. The molecule has 0 aliphatic carbocycles. The van der Waals surface area contributed by atoms with E-state index >= 15 is 0 Å². The fraction of sp³-hybridized carbons (Fsp3) is 0.467. The zero-order valence-electron chi connectivity index (χ0n) is 12.4. The number of hydrogen-bond donors (Lipinski definition) is 2. The summed E-state index contributed by atoms with van der Waals surface area (Å²) < 4.78 is 5.25. The van der Waals surface area contributed by atoms with Crippen LogP contribution in [0.25, 0.3) is 0 Å². The van der Waals surface area contributed by atoms with Crippen molar-refractivity contribution in [2.24, 2.45) is 0 Å². The Morgan fingerprint density at radius 3 is 3.09 bits per heavy atom. The molecule has 0 bridgehead atoms. The number of β-amino-alcohol motifs (C(OH)–C–C–N with tert-alkyl or cyclic N) is 1. The number of methoxy groups -OCH3 is 1. The number of benzene rings is 1. The lowest BCUT2D eigenvalue weighted by atomic mass is 9.90. The van der Waals surface area contributed by atoms with Gasteiger partial charge in [-0.05, 0) is 43.1 Å². The molecule has 1 aromatic heterocycles. The van der Waals surface area contributed by atoms with Crippen molar-refractivity contribution in [3.05, 3.63) is 40.7 Å². The van der Waals surface area contributed by atoms with Gasteiger partial charge in [-0.2, -0.15) is 15.4 Å².